The van der Waals surface area contributed by atoms with Crippen molar-refractivity contribution in [3.05, 3.63) is 70.8 Å². The number of guanidine groups is 1. The van der Waals surface area contributed by atoms with Crippen molar-refractivity contribution in [2.24, 2.45) is 10.9 Å². The van der Waals surface area contributed by atoms with Gasteiger partial charge in [-0.05, 0) is 50.0 Å². The van der Waals surface area contributed by atoms with Crippen molar-refractivity contribution >= 4 is 29.9 Å². The van der Waals surface area contributed by atoms with Gasteiger partial charge in [-0.25, -0.2) is 0 Å². The molecule has 176 valence electrons. The van der Waals surface area contributed by atoms with Crippen molar-refractivity contribution in [3.8, 4) is 0 Å². The summed E-state index contributed by atoms with van der Waals surface area (Å²) >= 11 is 0. The van der Waals surface area contributed by atoms with Gasteiger partial charge in [0.1, 0.15) is 0 Å². The number of hydrogen-bond acceptors (Lipinski definition) is 3. The first-order valence-corrected chi connectivity index (χ1v) is 11.5. The molecule has 0 aromatic heterocycles. The topological polar surface area (TPSA) is 48.9 Å². The maximum atomic E-state index is 6.16. The monoisotopic (exact) mass is 550 g/mol. The van der Waals surface area contributed by atoms with Crippen LogP contribution in [0.15, 0.2) is 53.5 Å². The highest BCUT2D eigenvalue weighted by molar-refractivity contribution is 14.0. The summed E-state index contributed by atoms with van der Waals surface area (Å²) in [5.74, 6) is 1.27. The standard InChI is InChI=1S/C26H38N4O.HI/c1-5-30(4)19-22-9-6-8-21(16-22)17-28-26(27-3)29-18-24-10-7-15-31-25(24)23-13-11-20(2)12-14-23;/h6,8-9,11-14,16,24-25H,5,7,10,15,17-19H2,1-4H3,(H2,27,28,29);1H. The largest absolute Gasteiger partial charge is 0.373 e. The predicted molar refractivity (Wildman–Crippen MR) is 145 cm³/mol. The molecule has 0 radical (unpaired) electrons. The number of nitrogens with one attached hydrogen (secondary N) is 2. The zero-order valence-corrected chi connectivity index (χ0v) is 22.3. The van der Waals surface area contributed by atoms with Crippen LogP contribution in [-0.4, -0.2) is 44.7 Å². The fraction of sp³-hybridized carbons (Fsp3) is 0.500. The van der Waals surface area contributed by atoms with E-state index < -0.39 is 0 Å². The van der Waals surface area contributed by atoms with Crippen LogP contribution in [0.5, 0.6) is 0 Å². The van der Waals surface area contributed by atoms with E-state index in [9.17, 15) is 0 Å². The van der Waals surface area contributed by atoms with Crippen LogP contribution in [0.4, 0.5) is 0 Å². The van der Waals surface area contributed by atoms with E-state index in [1.54, 1.807) is 0 Å². The molecular weight excluding hydrogens is 511 g/mol. The maximum absolute atomic E-state index is 6.16. The second-order valence-corrected chi connectivity index (χ2v) is 8.56. The molecule has 1 aliphatic rings. The van der Waals surface area contributed by atoms with Gasteiger partial charge < -0.3 is 20.3 Å². The normalized spacial score (nSPS) is 18.8. The van der Waals surface area contributed by atoms with Gasteiger partial charge in [-0.2, -0.15) is 0 Å². The maximum Gasteiger partial charge on any atom is 0.191 e. The highest BCUT2D eigenvalue weighted by Crippen LogP contribution is 2.33. The summed E-state index contributed by atoms with van der Waals surface area (Å²) in [5, 5.41) is 6.99. The summed E-state index contributed by atoms with van der Waals surface area (Å²) in [6.07, 6.45) is 2.42. The summed E-state index contributed by atoms with van der Waals surface area (Å²) in [6, 6.07) is 17.5. The molecule has 0 aliphatic carbocycles. The zero-order chi connectivity index (χ0) is 22.1. The lowest BCUT2D eigenvalue weighted by atomic mass is 9.89. The van der Waals surface area contributed by atoms with Crippen LogP contribution in [0.25, 0.3) is 0 Å². The SMILES string of the molecule is CCN(C)Cc1cccc(CNC(=NC)NCC2CCCOC2c2ccc(C)cc2)c1.I. The van der Waals surface area contributed by atoms with Crippen molar-refractivity contribution in [1.82, 2.24) is 15.5 Å². The fourth-order valence-corrected chi connectivity index (χ4v) is 4.07. The smallest absolute Gasteiger partial charge is 0.191 e. The lowest BCUT2D eigenvalue weighted by molar-refractivity contribution is -0.0265. The number of ether oxygens (including phenoxy) is 1. The molecule has 1 heterocycles. The quantitative estimate of drug-likeness (QED) is 0.279. The van der Waals surface area contributed by atoms with Crippen LogP contribution in [0.3, 0.4) is 0 Å². The molecule has 2 atom stereocenters. The molecule has 2 aromatic rings. The average molecular weight is 551 g/mol. The Labute approximate surface area is 211 Å². The molecule has 2 unspecified atom stereocenters. The van der Waals surface area contributed by atoms with E-state index in [1.165, 1.54) is 22.3 Å². The highest BCUT2D eigenvalue weighted by atomic mass is 127. The van der Waals surface area contributed by atoms with Crippen molar-refractivity contribution < 1.29 is 4.74 Å². The molecule has 2 N–H and O–H groups in total. The molecule has 2 aromatic carbocycles. The van der Waals surface area contributed by atoms with Crippen LogP contribution in [-0.2, 0) is 17.8 Å². The lowest BCUT2D eigenvalue weighted by Gasteiger charge is -2.32. The second-order valence-electron chi connectivity index (χ2n) is 8.56. The Kier molecular flexibility index (Phi) is 11.5. The molecule has 1 saturated heterocycles. The Morgan fingerprint density at radius 1 is 1.12 bits per heavy atom. The lowest BCUT2D eigenvalue weighted by Crippen LogP contribution is -2.41. The van der Waals surface area contributed by atoms with E-state index in [-0.39, 0.29) is 30.1 Å². The van der Waals surface area contributed by atoms with Crippen LogP contribution in [0.2, 0.25) is 0 Å². The van der Waals surface area contributed by atoms with E-state index in [0.717, 1.165) is 51.6 Å². The van der Waals surface area contributed by atoms with Gasteiger partial charge in [-0.15, -0.1) is 24.0 Å². The zero-order valence-electron chi connectivity index (χ0n) is 19.9. The highest BCUT2D eigenvalue weighted by Gasteiger charge is 2.27. The molecular formula is C26H39IN4O. The van der Waals surface area contributed by atoms with Crippen LogP contribution < -0.4 is 10.6 Å². The van der Waals surface area contributed by atoms with Crippen LogP contribution in [0, 0.1) is 12.8 Å². The Morgan fingerprint density at radius 3 is 2.59 bits per heavy atom. The molecule has 1 fully saturated rings. The Morgan fingerprint density at radius 2 is 1.88 bits per heavy atom. The predicted octanol–water partition coefficient (Wildman–Crippen LogP) is 4.90. The van der Waals surface area contributed by atoms with Gasteiger partial charge in [0, 0.05) is 39.2 Å². The first-order valence-electron chi connectivity index (χ1n) is 11.5. The molecule has 0 saturated carbocycles. The third kappa shape index (κ3) is 8.05. The molecule has 5 nitrogen and oxygen atoms in total. The molecule has 32 heavy (non-hydrogen) atoms. The van der Waals surface area contributed by atoms with Crippen molar-refractivity contribution in [3.63, 3.8) is 0 Å². The number of nitrogens with zero attached hydrogens (tertiary/aromatic N) is 2. The minimum atomic E-state index is 0. The van der Waals surface area contributed by atoms with E-state index >= 15 is 0 Å². The summed E-state index contributed by atoms with van der Waals surface area (Å²) < 4.78 is 6.16. The summed E-state index contributed by atoms with van der Waals surface area (Å²) in [7, 11) is 3.98. The van der Waals surface area contributed by atoms with Gasteiger partial charge in [0.15, 0.2) is 5.96 Å². The second kappa shape index (κ2) is 13.8. The van der Waals surface area contributed by atoms with E-state index in [0.29, 0.717) is 5.92 Å². The summed E-state index contributed by atoms with van der Waals surface area (Å²) in [6.45, 7) is 8.77. The van der Waals surface area contributed by atoms with Crippen LogP contribution in [0.1, 0.15) is 48.1 Å². The Hall–Kier alpha value is -1.64. The third-order valence-electron chi connectivity index (χ3n) is 6.05. The van der Waals surface area contributed by atoms with Crippen molar-refractivity contribution in [1.29, 1.82) is 0 Å². The van der Waals surface area contributed by atoms with Gasteiger partial charge in [0.25, 0.3) is 0 Å². The van der Waals surface area contributed by atoms with Gasteiger partial charge in [0.2, 0.25) is 0 Å². The molecule has 0 bridgehead atoms. The van der Waals surface area contributed by atoms with E-state index in [4.69, 9.17) is 4.74 Å². The Bertz CT molecular complexity index is 840. The van der Waals surface area contributed by atoms with Gasteiger partial charge in [0.05, 0.1) is 6.10 Å². The number of halogens is 1. The first-order chi connectivity index (χ1) is 15.1. The Balaban J connectivity index is 0.00000363. The van der Waals surface area contributed by atoms with Gasteiger partial charge in [-0.3, -0.25) is 4.99 Å². The number of rotatable bonds is 8. The molecule has 0 spiro atoms. The van der Waals surface area contributed by atoms with Crippen molar-refractivity contribution in [2.75, 3.05) is 33.8 Å². The van der Waals surface area contributed by atoms with Gasteiger partial charge in [-0.1, -0.05) is 61.0 Å². The minimum Gasteiger partial charge on any atom is -0.373 e. The van der Waals surface area contributed by atoms with E-state index in [2.05, 4.69) is 90.0 Å². The molecule has 1 aliphatic heterocycles. The number of aliphatic imine (C=N–C) groups is 1. The molecule has 0 amide bonds. The number of aryl methyl sites for hydroxylation is 1. The number of hydrogen-bond donors (Lipinski definition) is 2. The molecule has 3 rings (SSSR count). The van der Waals surface area contributed by atoms with Crippen molar-refractivity contribution in [2.45, 2.75) is 45.9 Å². The fourth-order valence-electron chi connectivity index (χ4n) is 4.07. The van der Waals surface area contributed by atoms with Crippen LogP contribution >= 0.6 is 24.0 Å². The third-order valence-corrected chi connectivity index (χ3v) is 6.05. The minimum absolute atomic E-state index is 0. The average Bonchev–Trinajstić information content (AvgIpc) is 2.80. The summed E-state index contributed by atoms with van der Waals surface area (Å²) in [5.41, 5.74) is 5.16. The van der Waals surface area contributed by atoms with Gasteiger partial charge >= 0.3 is 0 Å². The van der Waals surface area contributed by atoms with E-state index in [1.807, 2.05) is 7.05 Å². The molecule has 6 heteroatoms. The number of benzene rings is 2. The first kappa shape index (κ1) is 26.6. The summed E-state index contributed by atoms with van der Waals surface area (Å²) in [4.78, 5) is 6.74.